The van der Waals surface area contributed by atoms with E-state index in [9.17, 15) is 0 Å². The molecule has 1 fully saturated rings. The standard InChI is InChI=1S/C12H15N5/c1-7-9(6-14-17(7)2)12-15-10(8-3-4-8)5-11(13)16-12/h5-6,8H,3-4H2,1-2H3,(H2,13,15,16). The molecule has 5 heteroatoms. The SMILES string of the molecule is Cc1c(-c2nc(N)cc(C3CC3)n2)cnn1C. The number of nitrogen functional groups attached to an aromatic ring is 1. The van der Waals surface area contributed by atoms with E-state index in [0.29, 0.717) is 17.6 Å². The summed E-state index contributed by atoms with van der Waals surface area (Å²) in [6.07, 6.45) is 4.21. The normalized spacial score (nSPS) is 15.2. The Morgan fingerprint density at radius 3 is 2.71 bits per heavy atom. The van der Waals surface area contributed by atoms with Crippen molar-refractivity contribution in [3.8, 4) is 11.4 Å². The molecule has 0 amide bonds. The van der Waals surface area contributed by atoms with Crippen LogP contribution in [0.25, 0.3) is 11.4 Å². The third kappa shape index (κ3) is 1.77. The second-order valence-corrected chi connectivity index (χ2v) is 4.58. The van der Waals surface area contributed by atoms with Crippen molar-refractivity contribution >= 4 is 5.82 Å². The molecule has 2 N–H and O–H groups in total. The highest BCUT2D eigenvalue weighted by Crippen LogP contribution is 2.40. The number of anilines is 1. The summed E-state index contributed by atoms with van der Waals surface area (Å²) < 4.78 is 1.82. The first-order valence-corrected chi connectivity index (χ1v) is 5.78. The minimum absolute atomic E-state index is 0.542. The van der Waals surface area contributed by atoms with Gasteiger partial charge in [-0.3, -0.25) is 4.68 Å². The Morgan fingerprint density at radius 1 is 1.35 bits per heavy atom. The smallest absolute Gasteiger partial charge is 0.165 e. The van der Waals surface area contributed by atoms with Crippen LogP contribution in [0.1, 0.15) is 30.1 Å². The van der Waals surface area contributed by atoms with Gasteiger partial charge in [-0.05, 0) is 19.8 Å². The summed E-state index contributed by atoms with van der Waals surface area (Å²) in [5.41, 5.74) is 8.92. The van der Waals surface area contributed by atoms with Gasteiger partial charge in [0.15, 0.2) is 5.82 Å². The van der Waals surface area contributed by atoms with E-state index in [0.717, 1.165) is 17.0 Å². The van der Waals surface area contributed by atoms with E-state index in [1.165, 1.54) is 12.8 Å². The van der Waals surface area contributed by atoms with Gasteiger partial charge in [-0.25, -0.2) is 9.97 Å². The zero-order chi connectivity index (χ0) is 12.0. The van der Waals surface area contributed by atoms with Crippen molar-refractivity contribution in [2.75, 3.05) is 5.73 Å². The molecule has 5 nitrogen and oxygen atoms in total. The third-order valence-corrected chi connectivity index (χ3v) is 3.24. The van der Waals surface area contributed by atoms with Gasteiger partial charge in [0.1, 0.15) is 5.82 Å². The van der Waals surface area contributed by atoms with Gasteiger partial charge >= 0.3 is 0 Å². The Morgan fingerprint density at radius 2 is 2.12 bits per heavy atom. The van der Waals surface area contributed by atoms with Crippen LogP contribution in [-0.2, 0) is 7.05 Å². The molecule has 1 aliphatic rings. The molecule has 0 aromatic carbocycles. The van der Waals surface area contributed by atoms with Crippen LogP contribution in [0, 0.1) is 6.92 Å². The Hall–Kier alpha value is -1.91. The van der Waals surface area contributed by atoms with Crippen LogP contribution in [0.15, 0.2) is 12.3 Å². The molecule has 0 unspecified atom stereocenters. The highest BCUT2D eigenvalue weighted by atomic mass is 15.3. The maximum absolute atomic E-state index is 5.84. The number of rotatable bonds is 2. The predicted octanol–water partition coefficient (Wildman–Crippen LogP) is 1.65. The lowest BCUT2D eigenvalue weighted by Gasteiger charge is -2.04. The van der Waals surface area contributed by atoms with Gasteiger partial charge in [0.25, 0.3) is 0 Å². The summed E-state index contributed by atoms with van der Waals surface area (Å²) in [5, 5.41) is 4.21. The van der Waals surface area contributed by atoms with Crippen LogP contribution >= 0.6 is 0 Å². The first kappa shape index (κ1) is 10.3. The Balaban J connectivity index is 2.10. The fourth-order valence-electron chi connectivity index (χ4n) is 1.91. The summed E-state index contributed by atoms with van der Waals surface area (Å²) in [5.74, 6) is 1.81. The van der Waals surface area contributed by atoms with E-state index < -0.39 is 0 Å². The molecule has 17 heavy (non-hydrogen) atoms. The number of nitrogens with zero attached hydrogens (tertiary/aromatic N) is 4. The Bertz CT molecular complexity index is 568. The molecule has 2 heterocycles. The van der Waals surface area contributed by atoms with Gasteiger partial charge in [-0.1, -0.05) is 0 Å². The molecular weight excluding hydrogens is 214 g/mol. The first-order chi connectivity index (χ1) is 8.15. The minimum Gasteiger partial charge on any atom is -0.384 e. The van der Waals surface area contributed by atoms with Gasteiger partial charge < -0.3 is 5.73 Å². The van der Waals surface area contributed by atoms with E-state index in [4.69, 9.17) is 5.73 Å². The molecule has 0 bridgehead atoms. The molecule has 2 aromatic rings. The van der Waals surface area contributed by atoms with Crippen LogP contribution in [0.2, 0.25) is 0 Å². The largest absolute Gasteiger partial charge is 0.384 e. The average Bonchev–Trinajstić information content (AvgIpc) is 3.07. The van der Waals surface area contributed by atoms with Crippen molar-refractivity contribution in [3.63, 3.8) is 0 Å². The van der Waals surface area contributed by atoms with E-state index in [2.05, 4.69) is 15.1 Å². The maximum Gasteiger partial charge on any atom is 0.165 e. The summed E-state index contributed by atoms with van der Waals surface area (Å²) in [6.45, 7) is 2.01. The second-order valence-electron chi connectivity index (χ2n) is 4.58. The van der Waals surface area contributed by atoms with Crippen molar-refractivity contribution < 1.29 is 0 Å². The molecule has 1 saturated carbocycles. The molecule has 0 spiro atoms. The fraction of sp³-hybridized carbons (Fsp3) is 0.417. The van der Waals surface area contributed by atoms with E-state index in [1.807, 2.05) is 24.7 Å². The minimum atomic E-state index is 0.542. The molecular formula is C12H15N5. The highest BCUT2D eigenvalue weighted by molar-refractivity contribution is 5.59. The van der Waals surface area contributed by atoms with Crippen LogP contribution in [0.3, 0.4) is 0 Å². The van der Waals surface area contributed by atoms with E-state index >= 15 is 0 Å². The van der Waals surface area contributed by atoms with Crippen molar-refractivity contribution in [3.05, 3.63) is 23.7 Å². The van der Waals surface area contributed by atoms with Crippen LogP contribution in [0.4, 0.5) is 5.82 Å². The van der Waals surface area contributed by atoms with Crippen molar-refractivity contribution in [2.24, 2.45) is 7.05 Å². The van der Waals surface area contributed by atoms with E-state index in [1.54, 1.807) is 6.20 Å². The molecule has 2 aromatic heterocycles. The third-order valence-electron chi connectivity index (χ3n) is 3.24. The van der Waals surface area contributed by atoms with Crippen LogP contribution in [0.5, 0.6) is 0 Å². The highest BCUT2D eigenvalue weighted by Gasteiger charge is 2.26. The number of hydrogen-bond acceptors (Lipinski definition) is 4. The maximum atomic E-state index is 5.84. The topological polar surface area (TPSA) is 69.6 Å². The van der Waals surface area contributed by atoms with Crippen molar-refractivity contribution in [1.82, 2.24) is 19.7 Å². The molecule has 0 atom stereocenters. The first-order valence-electron chi connectivity index (χ1n) is 5.78. The zero-order valence-electron chi connectivity index (χ0n) is 10.0. The molecule has 0 radical (unpaired) electrons. The summed E-state index contributed by atoms with van der Waals surface area (Å²) >= 11 is 0. The van der Waals surface area contributed by atoms with Gasteiger partial charge in [0.2, 0.25) is 0 Å². The second kappa shape index (κ2) is 3.55. The number of aromatic nitrogens is 4. The van der Waals surface area contributed by atoms with Crippen LogP contribution < -0.4 is 5.73 Å². The van der Waals surface area contributed by atoms with Crippen LogP contribution in [-0.4, -0.2) is 19.7 Å². The van der Waals surface area contributed by atoms with Gasteiger partial charge in [0.05, 0.1) is 11.8 Å². The average molecular weight is 229 g/mol. The number of hydrogen-bond donors (Lipinski definition) is 1. The lowest BCUT2D eigenvalue weighted by atomic mass is 10.2. The van der Waals surface area contributed by atoms with Gasteiger partial charge in [-0.2, -0.15) is 5.10 Å². The van der Waals surface area contributed by atoms with Crippen molar-refractivity contribution in [2.45, 2.75) is 25.7 Å². The molecule has 1 aliphatic carbocycles. The predicted molar refractivity (Wildman–Crippen MR) is 65.4 cm³/mol. The monoisotopic (exact) mass is 229 g/mol. The number of aryl methyl sites for hydroxylation is 1. The summed E-state index contributed by atoms with van der Waals surface area (Å²) in [4.78, 5) is 8.90. The van der Waals surface area contributed by atoms with E-state index in [-0.39, 0.29) is 0 Å². The van der Waals surface area contributed by atoms with Crippen molar-refractivity contribution in [1.29, 1.82) is 0 Å². The lowest BCUT2D eigenvalue weighted by molar-refractivity contribution is 0.740. The molecule has 3 rings (SSSR count). The summed E-state index contributed by atoms with van der Waals surface area (Å²) in [7, 11) is 1.91. The summed E-state index contributed by atoms with van der Waals surface area (Å²) in [6, 6.07) is 1.88. The molecule has 0 saturated heterocycles. The molecule has 88 valence electrons. The molecule has 0 aliphatic heterocycles. The Labute approximate surface area is 99.7 Å². The lowest BCUT2D eigenvalue weighted by Crippen LogP contribution is -2.00. The quantitative estimate of drug-likeness (QED) is 0.850. The van der Waals surface area contributed by atoms with Gasteiger partial charge in [0, 0.05) is 30.4 Å². The zero-order valence-corrected chi connectivity index (χ0v) is 10.0. The fourth-order valence-corrected chi connectivity index (χ4v) is 1.91. The number of nitrogens with two attached hydrogens (primary N) is 1. The Kier molecular flexibility index (Phi) is 2.14. The van der Waals surface area contributed by atoms with Gasteiger partial charge in [-0.15, -0.1) is 0 Å².